The third-order valence-electron chi connectivity index (χ3n) is 4.59. The van der Waals surface area contributed by atoms with Gasteiger partial charge < -0.3 is 10.2 Å². The van der Waals surface area contributed by atoms with Crippen molar-refractivity contribution in [2.45, 2.75) is 52.1 Å². The maximum atomic E-state index is 13.9. The Morgan fingerprint density at radius 1 is 1.20 bits per heavy atom. The van der Waals surface area contributed by atoms with E-state index >= 15 is 0 Å². The topological polar surface area (TPSA) is 15.3 Å². The van der Waals surface area contributed by atoms with Crippen LogP contribution in [0.2, 0.25) is 0 Å². The monoisotopic (exact) mass is 280 g/mol. The molecule has 1 unspecified atom stereocenters. The summed E-state index contributed by atoms with van der Waals surface area (Å²) in [4.78, 5) is 2.28. The Morgan fingerprint density at radius 3 is 2.20 bits per heavy atom. The molecule has 1 N–H and O–H groups in total. The zero-order valence-electron chi connectivity index (χ0n) is 13.8. The van der Waals surface area contributed by atoms with E-state index in [4.69, 9.17) is 0 Å². The minimum atomic E-state index is -0.120. The fraction of sp³-hybridized carbons (Fsp3) is 0.647. The average molecular weight is 280 g/mol. The molecule has 0 aliphatic rings. The molecule has 0 fully saturated rings. The molecule has 0 aliphatic carbocycles. The maximum Gasteiger partial charge on any atom is 0.126 e. The fourth-order valence-corrected chi connectivity index (χ4v) is 3.16. The summed E-state index contributed by atoms with van der Waals surface area (Å²) in [6.07, 6.45) is 2.04. The fourth-order valence-electron chi connectivity index (χ4n) is 3.16. The van der Waals surface area contributed by atoms with Gasteiger partial charge in [0.25, 0.3) is 0 Å². The number of nitrogens with one attached hydrogen (secondary N) is 1. The van der Waals surface area contributed by atoms with E-state index in [1.165, 1.54) is 0 Å². The second kappa shape index (κ2) is 7.19. The zero-order valence-corrected chi connectivity index (χ0v) is 13.8. The number of rotatable bonds is 7. The third-order valence-corrected chi connectivity index (χ3v) is 4.59. The van der Waals surface area contributed by atoms with E-state index in [0.29, 0.717) is 5.56 Å². The summed E-state index contributed by atoms with van der Waals surface area (Å²) in [5.74, 6) is -0.120. The maximum absolute atomic E-state index is 13.9. The van der Waals surface area contributed by atoms with Crippen molar-refractivity contribution in [1.82, 2.24) is 10.2 Å². The molecule has 2 nitrogen and oxygen atoms in total. The van der Waals surface area contributed by atoms with Crippen LogP contribution in [0.3, 0.4) is 0 Å². The van der Waals surface area contributed by atoms with Crippen LogP contribution in [-0.2, 0) is 0 Å². The van der Waals surface area contributed by atoms with Crippen molar-refractivity contribution in [3.63, 3.8) is 0 Å². The predicted octanol–water partition coefficient (Wildman–Crippen LogP) is 3.91. The minimum Gasteiger partial charge on any atom is -0.309 e. The minimum absolute atomic E-state index is 0.00227. The van der Waals surface area contributed by atoms with Gasteiger partial charge in [-0.25, -0.2) is 4.39 Å². The van der Waals surface area contributed by atoms with Gasteiger partial charge in [-0.3, -0.25) is 0 Å². The molecule has 114 valence electrons. The van der Waals surface area contributed by atoms with E-state index in [9.17, 15) is 4.39 Å². The van der Waals surface area contributed by atoms with Crippen LogP contribution < -0.4 is 5.32 Å². The Kier molecular flexibility index (Phi) is 6.15. The Balaban J connectivity index is 3.30. The largest absolute Gasteiger partial charge is 0.309 e. The molecule has 0 radical (unpaired) electrons. The smallest absolute Gasteiger partial charge is 0.126 e. The van der Waals surface area contributed by atoms with E-state index in [1.54, 1.807) is 13.0 Å². The van der Waals surface area contributed by atoms with Crippen LogP contribution >= 0.6 is 0 Å². The molecule has 0 spiro atoms. The van der Waals surface area contributed by atoms with Crippen LogP contribution in [0, 0.1) is 12.7 Å². The van der Waals surface area contributed by atoms with Crippen molar-refractivity contribution < 1.29 is 4.39 Å². The van der Waals surface area contributed by atoms with Crippen molar-refractivity contribution in [2.75, 3.05) is 20.6 Å². The van der Waals surface area contributed by atoms with Gasteiger partial charge >= 0.3 is 0 Å². The highest BCUT2D eigenvalue weighted by atomic mass is 19.1. The van der Waals surface area contributed by atoms with Crippen molar-refractivity contribution in [1.29, 1.82) is 0 Å². The van der Waals surface area contributed by atoms with Gasteiger partial charge in [0.05, 0.1) is 6.04 Å². The van der Waals surface area contributed by atoms with Crippen molar-refractivity contribution >= 4 is 0 Å². The highest BCUT2D eigenvalue weighted by molar-refractivity contribution is 5.28. The lowest BCUT2D eigenvalue weighted by molar-refractivity contribution is 0.0887. The van der Waals surface area contributed by atoms with Crippen LogP contribution in [0.1, 0.15) is 50.8 Å². The van der Waals surface area contributed by atoms with E-state index in [-0.39, 0.29) is 17.4 Å². The summed E-state index contributed by atoms with van der Waals surface area (Å²) < 4.78 is 13.9. The molecule has 0 bridgehead atoms. The number of hydrogen-bond acceptors (Lipinski definition) is 2. The van der Waals surface area contributed by atoms with Crippen LogP contribution in [0.15, 0.2) is 18.2 Å². The van der Waals surface area contributed by atoms with E-state index in [2.05, 4.69) is 51.1 Å². The van der Waals surface area contributed by atoms with Crippen LogP contribution in [0.4, 0.5) is 4.39 Å². The Labute approximate surface area is 123 Å². The number of nitrogens with zero attached hydrogens (tertiary/aromatic N) is 1. The van der Waals surface area contributed by atoms with Crippen LogP contribution in [-0.4, -0.2) is 31.1 Å². The highest BCUT2D eigenvalue weighted by Crippen LogP contribution is 2.36. The molecular formula is C17H29FN2. The van der Waals surface area contributed by atoms with Gasteiger partial charge in [-0.2, -0.15) is 0 Å². The van der Waals surface area contributed by atoms with Crippen molar-refractivity contribution in [2.24, 2.45) is 0 Å². The third kappa shape index (κ3) is 3.21. The summed E-state index contributed by atoms with van der Waals surface area (Å²) in [5, 5.41) is 3.56. The SMILES string of the molecule is CCNC(c1ccc(C)c(F)c1)C(CC)(CC)N(C)C. The second-order valence-electron chi connectivity index (χ2n) is 5.70. The first-order valence-electron chi connectivity index (χ1n) is 7.59. The average Bonchev–Trinajstić information content (AvgIpc) is 2.42. The molecule has 0 aromatic heterocycles. The van der Waals surface area contributed by atoms with Crippen molar-refractivity contribution in [3.05, 3.63) is 35.1 Å². The van der Waals surface area contributed by atoms with E-state index in [1.807, 2.05) is 6.07 Å². The normalized spacial score (nSPS) is 13.8. The molecule has 0 saturated heterocycles. The standard InChI is InChI=1S/C17H29FN2/c1-7-17(8-2,20(5)6)16(19-9-3)14-11-10-13(4)15(18)12-14/h10-12,16,19H,7-9H2,1-6H3. The Morgan fingerprint density at radius 2 is 1.80 bits per heavy atom. The molecule has 20 heavy (non-hydrogen) atoms. The van der Waals surface area contributed by atoms with Gasteiger partial charge in [0.1, 0.15) is 5.82 Å². The van der Waals surface area contributed by atoms with Gasteiger partial charge in [-0.05, 0) is 57.6 Å². The molecule has 1 aromatic carbocycles. The molecule has 1 atom stereocenters. The zero-order chi connectivity index (χ0) is 15.3. The van der Waals surface area contributed by atoms with E-state index in [0.717, 1.165) is 24.9 Å². The lowest BCUT2D eigenvalue weighted by Gasteiger charge is -2.45. The molecule has 3 heteroatoms. The van der Waals surface area contributed by atoms with Crippen LogP contribution in [0.25, 0.3) is 0 Å². The first kappa shape index (κ1) is 17.1. The number of halogens is 1. The molecular weight excluding hydrogens is 251 g/mol. The first-order chi connectivity index (χ1) is 9.42. The van der Waals surface area contributed by atoms with Crippen molar-refractivity contribution in [3.8, 4) is 0 Å². The number of aryl methyl sites for hydroxylation is 1. The van der Waals surface area contributed by atoms with Gasteiger partial charge in [0.2, 0.25) is 0 Å². The molecule has 1 aromatic rings. The molecule has 0 heterocycles. The number of benzene rings is 1. The van der Waals surface area contributed by atoms with Gasteiger partial charge in [-0.15, -0.1) is 0 Å². The molecule has 0 amide bonds. The lowest BCUT2D eigenvalue weighted by atomic mass is 9.79. The Hall–Kier alpha value is -0.930. The lowest BCUT2D eigenvalue weighted by Crippen LogP contribution is -2.53. The number of hydrogen-bond donors (Lipinski definition) is 1. The molecule has 0 saturated carbocycles. The first-order valence-corrected chi connectivity index (χ1v) is 7.59. The van der Waals surface area contributed by atoms with E-state index < -0.39 is 0 Å². The van der Waals surface area contributed by atoms with Gasteiger partial charge in [-0.1, -0.05) is 32.9 Å². The highest BCUT2D eigenvalue weighted by Gasteiger charge is 2.38. The quantitative estimate of drug-likeness (QED) is 0.815. The Bertz CT molecular complexity index is 425. The van der Waals surface area contributed by atoms with Gasteiger partial charge in [0, 0.05) is 5.54 Å². The summed E-state index contributed by atoms with van der Waals surface area (Å²) in [7, 11) is 4.23. The molecule has 0 aliphatic heterocycles. The summed E-state index contributed by atoms with van der Waals surface area (Å²) >= 11 is 0. The summed E-state index contributed by atoms with van der Waals surface area (Å²) in [5.41, 5.74) is 1.73. The summed E-state index contributed by atoms with van der Waals surface area (Å²) in [6.45, 7) is 9.19. The van der Waals surface area contributed by atoms with Crippen LogP contribution in [0.5, 0.6) is 0 Å². The van der Waals surface area contributed by atoms with Gasteiger partial charge in [0.15, 0.2) is 0 Å². The predicted molar refractivity (Wildman–Crippen MR) is 84.6 cm³/mol. The number of likely N-dealkylation sites (N-methyl/N-ethyl adjacent to an activating group) is 2. The second-order valence-corrected chi connectivity index (χ2v) is 5.70. The molecule has 1 rings (SSSR count). The summed E-state index contributed by atoms with van der Waals surface area (Å²) in [6, 6.07) is 5.75.